The van der Waals surface area contributed by atoms with Gasteiger partial charge in [0.1, 0.15) is 10.3 Å². The van der Waals surface area contributed by atoms with Crippen LogP contribution in [0.15, 0.2) is 34.5 Å². The van der Waals surface area contributed by atoms with Gasteiger partial charge < -0.3 is 5.32 Å². The van der Waals surface area contributed by atoms with Crippen molar-refractivity contribution in [2.75, 3.05) is 18.4 Å². The summed E-state index contributed by atoms with van der Waals surface area (Å²) in [5, 5.41) is 11.7. The van der Waals surface area contributed by atoms with Crippen LogP contribution in [0, 0.1) is 18.3 Å². The first-order valence-electron chi connectivity index (χ1n) is 7.05. The molecule has 0 radical (unpaired) electrons. The molecule has 0 saturated carbocycles. The molecule has 0 bridgehead atoms. The highest BCUT2D eigenvalue weighted by atomic mass is 32.2. The number of thiophene rings is 1. The van der Waals surface area contributed by atoms with E-state index in [9.17, 15) is 21.6 Å². The summed E-state index contributed by atoms with van der Waals surface area (Å²) in [5.74, 6) is 0. The number of sulfonamides is 1. The molecule has 10 heteroatoms. The molecule has 0 spiro atoms. The average Bonchev–Trinajstić information content (AvgIpc) is 2.98. The Kier molecular flexibility index (Phi) is 5.72. The van der Waals surface area contributed by atoms with Gasteiger partial charge in [0.15, 0.2) is 0 Å². The number of hydrogen-bond donors (Lipinski definition) is 2. The average molecular weight is 389 g/mol. The van der Waals surface area contributed by atoms with E-state index in [2.05, 4.69) is 10.0 Å². The number of benzene rings is 1. The van der Waals surface area contributed by atoms with Gasteiger partial charge in [0.2, 0.25) is 10.0 Å². The SMILES string of the molecule is Cc1ccc(S(=O)(=O)NCCNc2ccc(C(F)(F)F)cc2C#N)s1. The van der Waals surface area contributed by atoms with Gasteiger partial charge >= 0.3 is 6.18 Å². The van der Waals surface area contributed by atoms with Crippen LogP contribution in [0.1, 0.15) is 16.0 Å². The van der Waals surface area contributed by atoms with Crippen molar-refractivity contribution in [1.29, 1.82) is 5.26 Å². The molecule has 2 aromatic rings. The van der Waals surface area contributed by atoms with Gasteiger partial charge in [-0.05, 0) is 37.3 Å². The lowest BCUT2D eigenvalue weighted by atomic mass is 10.1. The molecule has 0 aliphatic rings. The van der Waals surface area contributed by atoms with Crippen LogP contribution in [0.25, 0.3) is 0 Å². The second-order valence-corrected chi connectivity index (χ2v) is 8.34. The van der Waals surface area contributed by atoms with Crippen molar-refractivity contribution in [3.63, 3.8) is 0 Å². The lowest BCUT2D eigenvalue weighted by Crippen LogP contribution is -2.28. The lowest BCUT2D eigenvalue weighted by Gasteiger charge is -2.12. The highest BCUT2D eigenvalue weighted by molar-refractivity contribution is 7.91. The van der Waals surface area contributed by atoms with E-state index < -0.39 is 21.8 Å². The predicted octanol–water partition coefficient (Wildman–Crippen LogP) is 3.34. The quantitative estimate of drug-likeness (QED) is 0.743. The first kappa shape index (κ1) is 19.2. The van der Waals surface area contributed by atoms with E-state index in [1.807, 2.05) is 0 Å². The highest BCUT2D eigenvalue weighted by Crippen LogP contribution is 2.31. The molecule has 1 aromatic heterocycles. The zero-order valence-electron chi connectivity index (χ0n) is 13.0. The summed E-state index contributed by atoms with van der Waals surface area (Å²) < 4.78 is 64.5. The Morgan fingerprint density at radius 1 is 1.20 bits per heavy atom. The molecule has 0 aliphatic carbocycles. The smallest absolute Gasteiger partial charge is 0.383 e. The second-order valence-electron chi connectivity index (χ2n) is 5.06. The normalized spacial score (nSPS) is 12.0. The van der Waals surface area contributed by atoms with Gasteiger partial charge in [-0.25, -0.2) is 13.1 Å². The summed E-state index contributed by atoms with van der Waals surface area (Å²) >= 11 is 1.14. The zero-order chi connectivity index (χ0) is 18.7. The number of aryl methyl sites for hydroxylation is 1. The number of anilines is 1. The van der Waals surface area contributed by atoms with Gasteiger partial charge in [0.25, 0.3) is 0 Å². The number of hydrogen-bond acceptors (Lipinski definition) is 5. The van der Waals surface area contributed by atoms with Crippen molar-refractivity contribution in [3.8, 4) is 6.07 Å². The Labute approximate surface area is 147 Å². The summed E-state index contributed by atoms with van der Waals surface area (Å²) in [4.78, 5) is 0.863. The molecule has 2 rings (SSSR count). The van der Waals surface area contributed by atoms with Gasteiger partial charge in [-0.15, -0.1) is 11.3 Å². The van der Waals surface area contributed by atoms with Crippen LogP contribution < -0.4 is 10.0 Å². The van der Waals surface area contributed by atoms with Gasteiger partial charge in [-0.1, -0.05) is 0 Å². The predicted molar refractivity (Wildman–Crippen MR) is 88.9 cm³/mol. The van der Waals surface area contributed by atoms with E-state index >= 15 is 0 Å². The zero-order valence-corrected chi connectivity index (χ0v) is 14.6. The maximum Gasteiger partial charge on any atom is 0.416 e. The Balaban J connectivity index is 1.97. The van der Waals surface area contributed by atoms with Crippen LogP contribution in [-0.2, 0) is 16.2 Å². The first-order valence-corrected chi connectivity index (χ1v) is 9.35. The third-order valence-corrected chi connectivity index (χ3v) is 6.13. The van der Waals surface area contributed by atoms with E-state index in [4.69, 9.17) is 5.26 Å². The fraction of sp³-hybridized carbons (Fsp3) is 0.267. The van der Waals surface area contributed by atoms with Gasteiger partial charge in [-0.2, -0.15) is 18.4 Å². The van der Waals surface area contributed by atoms with Gasteiger partial charge in [0, 0.05) is 18.0 Å². The minimum Gasteiger partial charge on any atom is -0.383 e. The molecule has 2 N–H and O–H groups in total. The summed E-state index contributed by atoms with van der Waals surface area (Å²) in [5.41, 5.74) is -0.864. The van der Waals surface area contributed by atoms with Crippen molar-refractivity contribution in [2.45, 2.75) is 17.3 Å². The fourth-order valence-corrected chi connectivity index (χ4v) is 4.34. The third-order valence-electron chi connectivity index (χ3n) is 3.18. The molecule has 1 heterocycles. The van der Waals surface area contributed by atoms with Crippen molar-refractivity contribution in [1.82, 2.24) is 4.72 Å². The molecule has 0 unspecified atom stereocenters. The van der Waals surface area contributed by atoms with Gasteiger partial charge in [-0.3, -0.25) is 0 Å². The van der Waals surface area contributed by atoms with Crippen LogP contribution in [0.4, 0.5) is 18.9 Å². The van der Waals surface area contributed by atoms with E-state index in [1.165, 1.54) is 6.07 Å². The molecule has 5 nitrogen and oxygen atoms in total. The molecule has 0 fully saturated rings. The highest BCUT2D eigenvalue weighted by Gasteiger charge is 2.31. The number of alkyl halides is 3. The minimum atomic E-state index is -4.53. The van der Waals surface area contributed by atoms with Crippen molar-refractivity contribution in [2.24, 2.45) is 0 Å². The third kappa shape index (κ3) is 4.94. The van der Waals surface area contributed by atoms with Crippen molar-refractivity contribution >= 4 is 27.0 Å². The summed E-state index contributed by atoms with van der Waals surface area (Å²) in [6.07, 6.45) is -4.53. The second kappa shape index (κ2) is 7.43. The number of rotatable bonds is 6. The molecular weight excluding hydrogens is 375 g/mol. The topological polar surface area (TPSA) is 82.0 Å². The molecule has 0 amide bonds. The Morgan fingerprint density at radius 2 is 1.92 bits per heavy atom. The van der Waals surface area contributed by atoms with Crippen LogP contribution in [-0.4, -0.2) is 21.5 Å². The Bertz CT molecular complexity index is 899. The number of halogens is 3. The lowest BCUT2D eigenvalue weighted by molar-refractivity contribution is -0.137. The van der Waals surface area contributed by atoms with Crippen LogP contribution >= 0.6 is 11.3 Å². The van der Waals surface area contributed by atoms with Crippen molar-refractivity contribution in [3.05, 3.63) is 46.3 Å². The molecule has 0 saturated heterocycles. The standard InChI is InChI=1S/C15H14F3N3O2S2/c1-10-2-5-14(24-10)25(22,23)21-7-6-20-13-4-3-12(15(16,17)18)8-11(13)9-19/h2-5,8,20-21H,6-7H2,1H3. The largest absolute Gasteiger partial charge is 0.416 e. The van der Waals surface area contributed by atoms with E-state index in [0.717, 1.165) is 34.4 Å². The molecule has 25 heavy (non-hydrogen) atoms. The summed E-state index contributed by atoms with van der Waals surface area (Å²) in [7, 11) is -3.62. The van der Waals surface area contributed by atoms with Crippen LogP contribution in [0.5, 0.6) is 0 Å². The molecule has 0 atom stereocenters. The van der Waals surface area contributed by atoms with Gasteiger partial charge in [0.05, 0.1) is 16.8 Å². The van der Waals surface area contributed by atoms with Crippen LogP contribution in [0.3, 0.4) is 0 Å². The molecule has 134 valence electrons. The number of nitriles is 1. The maximum absolute atomic E-state index is 12.6. The maximum atomic E-state index is 12.6. The number of nitrogens with zero attached hydrogens (tertiary/aromatic N) is 1. The van der Waals surface area contributed by atoms with Crippen molar-refractivity contribution < 1.29 is 21.6 Å². The first-order chi connectivity index (χ1) is 11.6. The van der Waals surface area contributed by atoms with E-state index in [1.54, 1.807) is 19.1 Å². The molecular formula is C15H14F3N3O2S2. The monoisotopic (exact) mass is 389 g/mol. The minimum absolute atomic E-state index is 0.0190. The summed E-state index contributed by atoms with van der Waals surface area (Å²) in [6.45, 7) is 1.92. The molecule has 0 aliphatic heterocycles. The van der Waals surface area contributed by atoms with Crippen LogP contribution in [0.2, 0.25) is 0 Å². The van der Waals surface area contributed by atoms with E-state index in [-0.39, 0.29) is 28.5 Å². The summed E-state index contributed by atoms with van der Waals surface area (Å²) in [6, 6.07) is 7.65. The Hall–Kier alpha value is -2.09. The Morgan fingerprint density at radius 3 is 2.48 bits per heavy atom. The molecule has 1 aromatic carbocycles. The fourth-order valence-electron chi connectivity index (χ4n) is 1.98. The number of nitrogens with one attached hydrogen (secondary N) is 2. The van der Waals surface area contributed by atoms with E-state index in [0.29, 0.717) is 0 Å².